The summed E-state index contributed by atoms with van der Waals surface area (Å²) in [6.45, 7) is 7.04. The molecule has 19 heavy (non-hydrogen) atoms. The van der Waals surface area contributed by atoms with E-state index in [0.717, 1.165) is 30.3 Å². The van der Waals surface area contributed by atoms with E-state index in [-0.39, 0.29) is 0 Å². The molecule has 0 aliphatic carbocycles. The van der Waals surface area contributed by atoms with E-state index in [2.05, 4.69) is 27.2 Å². The van der Waals surface area contributed by atoms with Crippen LogP contribution in [0, 0.1) is 6.92 Å². The van der Waals surface area contributed by atoms with Crippen molar-refractivity contribution in [2.45, 2.75) is 45.4 Å². The summed E-state index contributed by atoms with van der Waals surface area (Å²) in [6, 6.07) is 0. The molecule has 4 nitrogen and oxygen atoms in total. The number of hydrogen-bond acceptors (Lipinski definition) is 3. The maximum absolute atomic E-state index is 6.11. The summed E-state index contributed by atoms with van der Waals surface area (Å²) in [4.78, 5) is 11.3. The van der Waals surface area contributed by atoms with Gasteiger partial charge in [-0.2, -0.15) is 0 Å². The van der Waals surface area contributed by atoms with Crippen LogP contribution in [0.3, 0.4) is 0 Å². The number of rotatable bonds is 3. The summed E-state index contributed by atoms with van der Waals surface area (Å²) in [6.07, 6.45) is 5.10. The topological polar surface area (TPSA) is 54.5 Å². The molecule has 0 saturated carbocycles. The molecule has 1 fully saturated rings. The van der Waals surface area contributed by atoms with Crippen molar-refractivity contribution in [3.63, 3.8) is 0 Å². The number of guanidine groups is 1. The van der Waals surface area contributed by atoms with E-state index >= 15 is 0 Å². The Balaban J connectivity index is 1.89. The van der Waals surface area contributed by atoms with E-state index in [1.54, 1.807) is 11.3 Å². The SMILES string of the molecule is Cc1csc(C(C)CN=C(N)N2CCCCCC2)n1. The fourth-order valence-corrected chi connectivity index (χ4v) is 3.15. The van der Waals surface area contributed by atoms with Gasteiger partial charge in [-0.3, -0.25) is 4.99 Å². The summed E-state index contributed by atoms with van der Waals surface area (Å²) in [5.41, 5.74) is 7.20. The zero-order valence-electron chi connectivity index (χ0n) is 11.9. The minimum Gasteiger partial charge on any atom is -0.370 e. The van der Waals surface area contributed by atoms with Gasteiger partial charge in [0.1, 0.15) is 0 Å². The van der Waals surface area contributed by atoms with Crippen LogP contribution in [0.4, 0.5) is 0 Å². The smallest absolute Gasteiger partial charge is 0.191 e. The second kappa shape index (κ2) is 6.89. The Labute approximate surface area is 119 Å². The van der Waals surface area contributed by atoms with E-state index in [4.69, 9.17) is 5.73 Å². The van der Waals surface area contributed by atoms with E-state index in [1.165, 1.54) is 25.7 Å². The molecule has 0 spiro atoms. The van der Waals surface area contributed by atoms with Gasteiger partial charge in [-0.15, -0.1) is 11.3 Å². The van der Waals surface area contributed by atoms with Gasteiger partial charge in [-0.1, -0.05) is 19.8 Å². The van der Waals surface area contributed by atoms with Crippen molar-refractivity contribution in [2.75, 3.05) is 19.6 Å². The molecular formula is C14H24N4S. The van der Waals surface area contributed by atoms with Gasteiger partial charge in [0.25, 0.3) is 0 Å². The number of nitrogens with two attached hydrogens (primary N) is 1. The zero-order valence-corrected chi connectivity index (χ0v) is 12.7. The third kappa shape index (κ3) is 4.20. The third-order valence-electron chi connectivity index (χ3n) is 3.52. The van der Waals surface area contributed by atoms with Crippen LogP contribution in [-0.4, -0.2) is 35.5 Å². The van der Waals surface area contributed by atoms with Crippen molar-refractivity contribution in [3.8, 4) is 0 Å². The van der Waals surface area contributed by atoms with Gasteiger partial charge in [0.2, 0.25) is 0 Å². The summed E-state index contributed by atoms with van der Waals surface area (Å²) in [5, 5.41) is 3.25. The van der Waals surface area contributed by atoms with Crippen molar-refractivity contribution in [1.82, 2.24) is 9.88 Å². The lowest BCUT2D eigenvalue weighted by Crippen LogP contribution is -2.38. The molecule has 1 aromatic heterocycles. The Morgan fingerprint density at radius 3 is 2.68 bits per heavy atom. The standard InChI is InChI=1S/C14H24N4S/c1-11(13-17-12(2)10-19-13)9-16-14(15)18-7-5-3-4-6-8-18/h10-11H,3-9H2,1-2H3,(H2,15,16). The van der Waals surface area contributed by atoms with E-state index in [0.29, 0.717) is 11.9 Å². The maximum Gasteiger partial charge on any atom is 0.191 e. The first-order valence-corrected chi connectivity index (χ1v) is 8.01. The molecule has 1 atom stereocenters. The maximum atomic E-state index is 6.11. The normalized spacial score (nSPS) is 19.3. The molecule has 1 saturated heterocycles. The fourth-order valence-electron chi connectivity index (χ4n) is 2.31. The summed E-state index contributed by atoms with van der Waals surface area (Å²) in [7, 11) is 0. The van der Waals surface area contributed by atoms with Crippen molar-refractivity contribution < 1.29 is 0 Å². The van der Waals surface area contributed by atoms with Gasteiger partial charge < -0.3 is 10.6 Å². The fraction of sp³-hybridized carbons (Fsp3) is 0.714. The van der Waals surface area contributed by atoms with Gasteiger partial charge in [0.05, 0.1) is 11.6 Å². The predicted octanol–water partition coefficient (Wildman–Crippen LogP) is 2.75. The molecule has 1 aliphatic heterocycles. The van der Waals surface area contributed by atoms with Gasteiger partial charge in [-0.05, 0) is 19.8 Å². The summed E-state index contributed by atoms with van der Waals surface area (Å²) >= 11 is 1.71. The Morgan fingerprint density at radius 1 is 1.42 bits per heavy atom. The van der Waals surface area contributed by atoms with Crippen LogP contribution in [-0.2, 0) is 0 Å². The predicted molar refractivity (Wildman–Crippen MR) is 81.8 cm³/mol. The number of nitrogens with zero attached hydrogens (tertiary/aromatic N) is 3. The molecule has 1 aliphatic rings. The van der Waals surface area contributed by atoms with Crippen molar-refractivity contribution in [3.05, 3.63) is 16.1 Å². The minimum absolute atomic E-state index is 0.351. The van der Waals surface area contributed by atoms with Gasteiger partial charge in [0.15, 0.2) is 5.96 Å². The Hall–Kier alpha value is -1.10. The quantitative estimate of drug-likeness (QED) is 0.684. The minimum atomic E-state index is 0.351. The summed E-state index contributed by atoms with van der Waals surface area (Å²) < 4.78 is 0. The molecular weight excluding hydrogens is 256 g/mol. The van der Waals surface area contributed by atoms with Gasteiger partial charge in [-0.25, -0.2) is 4.98 Å². The van der Waals surface area contributed by atoms with Crippen LogP contribution in [0.25, 0.3) is 0 Å². The lowest BCUT2D eigenvalue weighted by atomic mass is 10.2. The molecule has 0 bridgehead atoms. The highest BCUT2D eigenvalue weighted by atomic mass is 32.1. The molecule has 0 radical (unpaired) electrons. The van der Waals surface area contributed by atoms with Crippen molar-refractivity contribution in [2.24, 2.45) is 10.7 Å². The Morgan fingerprint density at radius 2 is 2.11 bits per heavy atom. The highest BCUT2D eigenvalue weighted by molar-refractivity contribution is 7.09. The first-order valence-electron chi connectivity index (χ1n) is 7.13. The lowest BCUT2D eigenvalue weighted by molar-refractivity contribution is 0.428. The molecule has 106 valence electrons. The number of aliphatic imine (C=N–C) groups is 1. The molecule has 2 N–H and O–H groups in total. The molecule has 2 rings (SSSR count). The first-order chi connectivity index (χ1) is 9.16. The van der Waals surface area contributed by atoms with Crippen molar-refractivity contribution >= 4 is 17.3 Å². The number of aromatic nitrogens is 1. The largest absolute Gasteiger partial charge is 0.370 e. The molecule has 1 unspecified atom stereocenters. The van der Waals surface area contributed by atoms with Crippen LogP contribution in [0.15, 0.2) is 10.4 Å². The van der Waals surface area contributed by atoms with Gasteiger partial charge in [0, 0.05) is 30.1 Å². The van der Waals surface area contributed by atoms with Crippen LogP contribution < -0.4 is 5.73 Å². The van der Waals surface area contributed by atoms with Crippen LogP contribution in [0.1, 0.15) is 49.2 Å². The average Bonchev–Trinajstić information content (AvgIpc) is 2.68. The number of thiazole rings is 1. The third-order valence-corrected chi connectivity index (χ3v) is 4.71. The number of aryl methyl sites for hydroxylation is 1. The van der Waals surface area contributed by atoms with E-state index in [1.807, 2.05) is 6.92 Å². The molecule has 5 heteroatoms. The monoisotopic (exact) mass is 280 g/mol. The zero-order chi connectivity index (χ0) is 13.7. The Bertz CT molecular complexity index is 419. The first kappa shape index (κ1) is 14.3. The second-order valence-corrected chi connectivity index (χ2v) is 6.22. The van der Waals surface area contributed by atoms with E-state index in [9.17, 15) is 0 Å². The molecule has 2 heterocycles. The highest BCUT2D eigenvalue weighted by Gasteiger charge is 2.13. The second-order valence-electron chi connectivity index (χ2n) is 5.33. The lowest BCUT2D eigenvalue weighted by Gasteiger charge is -2.21. The average molecular weight is 280 g/mol. The molecule has 1 aromatic rings. The number of likely N-dealkylation sites (tertiary alicyclic amines) is 1. The molecule has 0 amide bonds. The molecule has 0 aromatic carbocycles. The van der Waals surface area contributed by atoms with Crippen molar-refractivity contribution in [1.29, 1.82) is 0 Å². The highest BCUT2D eigenvalue weighted by Crippen LogP contribution is 2.20. The van der Waals surface area contributed by atoms with Crippen LogP contribution >= 0.6 is 11.3 Å². The van der Waals surface area contributed by atoms with Crippen LogP contribution in [0.2, 0.25) is 0 Å². The Kier molecular flexibility index (Phi) is 5.19. The number of hydrogen-bond donors (Lipinski definition) is 1. The van der Waals surface area contributed by atoms with Gasteiger partial charge >= 0.3 is 0 Å². The van der Waals surface area contributed by atoms with E-state index < -0.39 is 0 Å². The summed E-state index contributed by atoms with van der Waals surface area (Å²) in [5.74, 6) is 1.06. The van der Waals surface area contributed by atoms with Crippen LogP contribution in [0.5, 0.6) is 0 Å².